The van der Waals surface area contributed by atoms with E-state index in [1.807, 2.05) is 13.8 Å². The zero-order chi connectivity index (χ0) is 14.0. The fraction of sp³-hybridized carbons (Fsp3) is 0.727. The third kappa shape index (κ3) is 2.43. The number of hydrogen-bond donors (Lipinski definition) is 1. The van der Waals surface area contributed by atoms with Crippen LogP contribution >= 0.6 is 0 Å². The van der Waals surface area contributed by atoms with Gasteiger partial charge in [0.05, 0.1) is 6.20 Å². The molecule has 0 bridgehead atoms. The standard InChI is InChI=1S/C11H22N4O2S/c1-5-11(6-2,9-12)15(4)18(16,17)10-7-13-14(3)8-10/h7-8H,5-6,9,12H2,1-4H3. The number of aryl methyl sites for hydroxylation is 1. The highest BCUT2D eigenvalue weighted by Crippen LogP contribution is 2.27. The summed E-state index contributed by atoms with van der Waals surface area (Å²) in [7, 11) is -0.267. The van der Waals surface area contributed by atoms with Gasteiger partial charge in [0.25, 0.3) is 0 Å². The second-order valence-corrected chi connectivity index (χ2v) is 6.43. The normalized spacial score (nSPS) is 13.2. The number of hydrogen-bond acceptors (Lipinski definition) is 4. The van der Waals surface area contributed by atoms with E-state index < -0.39 is 15.6 Å². The van der Waals surface area contributed by atoms with Gasteiger partial charge in [0.2, 0.25) is 10.0 Å². The molecule has 0 aromatic carbocycles. The van der Waals surface area contributed by atoms with Gasteiger partial charge < -0.3 is 5.73 Å². The van der Waals surface area contributed by atoms with Gasteiger partial charge in [-0.15, -0.1) is 0 Å². The quantitative estimate of drug-likeness (QED) is 0.821. The lowest BCUT2D eigenvalue weighted by atomic mass is 9.93. The SMILES string of the molecule is CCC(CC)(CN)N(C)S(=O)(=O)c1cnn(C)c1. The van der Waals surface area contributed by atoms with Crippen LogP contribution in [0.3, 0.4) is 0 Å². The summed E-state index contributed by atoms with van der Waals surface area (Å²) in [5, 5.41) is 3.90. The van der Waals surface area contributed by atoms with Crippen LogP contribution in [0.1, 0.15) is 26.7 Å². The Hall–Kier alpha value is -0.920. The molecule has 0 saturated heterocycles. The monoisotopic (exact) mass is 274 g/mol. The highest BCUT2D eigenvalue weighted by molar-refractivity contribution is 7.89. The van der Waals surface area contributed by atoms with E-state index in [4.69, 9.17) is 5.73 Å². The lowest BCUT2D eigenvalue weighted by Crippen LogP contribution is -2.53. The minimum absolute atomic E-state index is 0.201. The van der Waals surface area contributed by atoms with Gasteiger partial charge in [0.15, 0.2) is 0 Å². The van der Waals surface area contributed by atoms with Gasteiger partial charge >= 0.3 is 0 Å². The smallest absolute Gasteiger partial charge is 0.246 e. The van der Waals surface area contributed by atoms with Crippen molar-refractivity contribution in [1.82, 2.24) is 14.1 Å². The lowest BCUT2D eigenvalue weighted by Gasteiger charge is -2.38. The Morgan fingerprint density at radius 1 is 1.44 bits per heavy atom. The van der Waals surface area contributed by atoms with Crippen molar-refractivity contribution in [2.75, 3.05) is 13.6 Å². The van der Waals surface area contributed by atoms with E-state index in [-0.39, 0.29) is 4.90 Å². The van der Waals surface area contributed by atoms with Crippen molar-refractivity contribution in [1.29, 1.82) is 0 Å². The zero-order valence-corrected chi connectivity index (χ0v) is 12.2. The second-order valence-electron chi connectivity index (χ2n) is 4.46. The maximum atomic E-state index is 12.5. The van der Waals surface area contributed by atoms with Crippen LogP contribution < -0.4 is 5.73 Å². The van der Waals surface area contributed by atoms with Crippen molar-refractivity contribution < 1.29 is 8.42 Å². The average molecular weight is 274 g/mol. The largest absolute Gasteiger partial charge is 0.329 e. The Balaban J connectivity index is 3.20. The fourth-order valence-electron chi connectivity index (χ4n) is 2.06. The number of nitrogens with zero attached hydrogens (tertiary/aromatic N) is 3. The second kappa shape index (κ2) is 5.38. The van der Waals surface area contributed by atoms with Gasteiger partial charge in [0.1, 0.15) is 4.90 Å². The molecule has 0 aliphatic heterocycles. The minimum atomic E-state index is -3.54. The summed E-state index contributed by atoms with van der Waals surface area (Å²) in [5.41, 5.74) is 5.25. The summed E-state index contributed by atoms with van der Waals surface area (Å²) in [6, 6.07) is 0. The first-order valence-corrected chi connectivity index (χ1v) is 7.45. The maximum absolute atomic E-state index is 12.5. The molecule has 0 radical (unpaired) electrons. The first-order valence-electron chi connectivity index (χ1n) is 6.01. The zero-order valence-electron chi connectivity index (χ0n) is 11.4. The molecule has 1 heterocycles. The predicted molar refractivity (Wildman–Crippen MR) is 70.5 cm³/mol. The molecule has 0 unspecified atom stereocenters. The van der Waals surface area contributed by atoms with E-state index in [9.17, 15) is 8.42 Å². The molecule has 1 aromatic rings. The van der Waals surface area contributed by atoms with Crippen LogP contribution in [0, 0.1) is 0 Å². The number of nitrogens with two attached hydrogens (primary N) is 1. The Labute approximate surface area is 109 Å². The summed E-state index contributed by atoms with van der Waals surface area (Å²) >= 11 is 0. The molecule has 6 nitrogen and oxygen atoms in total. The molecular formula is C11H22N4O2S. The average Bonchev–Trinajstić information content (AvgIpc) is 2.79. The summed E-state index contributed by atoms with van der Waals surface area (Å²) in [6.45, 7) is 4.20. The van der Waals surface area contributed by atoms with Gasteiger partial charge in [-0.3, -0.25) is 4.68 Å². The highest BCUT2D eigenvalue weighted by atomic mass is 32.2. The van der Waals surface area contributed by atoms with Gasteiger partial charge in [-0.1, -0.05) is 13.8 Å². The van der Waals surface area contributed by atoms with Gasteiger partial charge in [-0.2, -0.15) is 9.40 Å². The van der Waals surface area contributed by atoms with E-state index in [0.717, 1.165) is 0 Å². The lowest BCUT2D eigenvalue weighted by molar-refractivity contribution is 0.208. The van der Waals surface area contributed by atoms with Crippen LogP contribution in [0.15, 0.2) is 17.3 Å². The molecule has 0 aliphatic carbocycles. The molecular weight excluding hydrogens is 252 g/mol. The first-order chi connectivity index (χ1) is 8.34. The Morgan fingerprint density at radius 2 is 2.00 bits per heavy atom. The molecule has 0 fully saturated rings. The van der Waals surface area contributed by atoms with Crippen molar-refractivity contribution >= 4 is 10.0 Å². The van der Waals surface area contributed by atoms with E-state index in [1.165, 1.54) is 21.4 Å². The highest BCUT2D eigenvalue weighted by Gasteiger charge is 2.38. The van der Waals surface area contributed by atoms with E-state index in [2.05, 4.69) is 5.10 Å². The number of sulfonamides is 1. The van der Waals surface area contributed by atoms with Crippen LogP contribution in [-0.2, 0) is 17.1 Å². The van der Waals surface area contributed by atoms with Crippen LogP contribution in [0.2, 0.25) is 0 Å². The molecule has 1 aromatic heterocycles. The van der Waals surface area contributed by atoms with E-state index in [0.29, 0.717) is 19.4 Å². The molecule has 18 heavy (non-hydrogen) atoms. The predicted octanol–water partition coefficient (Wildman–Crippen LogP) is 0.558. The number of likely N-dealkylation sites (N-methyl/N-ethyl adjacent to an activating group) is 1. The molecule has 104 valence electrons. The Kier molecular flexibility index (Phi) is 4.52. The minimum Gasteiger partial charge on any atom is -0.329 e. The third-order valence-corrected chi connectivity index (χ3v) is 5.62. The van der Waals surface area contributed by atoms with Crippen LogP contribution in [-0.4, -0.2) is 41.6 Å². The third-order valence-electron chi connectivity index (χ3n) is 3.70. The molecule has 1 rings (SSSR count). The molecule has 0 spiro atoms. The Bertz CT molecular complexity index is 483. The van der Waals surface area contributed by atoms with Crippen molar-refractivity contribution in [3.63, 3.8) is 0 Å². The topological polar surface area (TPSA) is 81.2 Å². The molecule has 0 saturated carbocycles. The van der Waals surface area contributed by atoms with Gasteiger partial charge in [-0.25, -0.2) is 8.42 Å². The van der Waals surface area contributed by atoms with E-state index >= 15 is 0 Å². The van der Waals surface area contributed by atoms with Crippen molar-refractivity contribution in [3.05, 3.63) is 12.4 Å². The number of rotatable bonds is 6. The van der Waals surface area contributed by atoms with Crippen LogP contribution in [0.4, 0.5) is 0 Å². The molecule has 7 heteroatoms. The van der Waals surface area contributed by atoms with Crippen LogP contribution in [0.25, 0.3) is 0 Å². The maximum Gasteiger partial charge on any atom is 0.246 e. The number of aromatic nitrogens is 2. The Morgan fingerprint density at radius 3 is 2.33 bits per heavy atom. The van der Waals surface area contributed by atoms with Gasteiger partial charge in [-0.05, 0) is 12.8 Å². The summed E-state index contributed by atoms with van der Waals surface area (Å²) in [4.78, 5) is 0.201. The summed E-state index contributed by atoms with van der Waals surface area (Å²) in [5.74, 6) is 0. The van der Waals surface area contributed by atoms with Gasteiger partial charge in [0, 0.05) is 32.4 Å². The van der Waals surface area contributed by atoms with Crippen molar-refractivity contribution in [2.45, 2.75) is 37.1 Å². The van der Waals surface area contributed by atoms with Crippen LogP contribution in [0.5, 0.6) is 0 Å². The molecule has 2 N–H and O–H groups in total. The van der Waals surface area contributed by atoms with E-state index in [1.54, 1.807) is 14.1 Å². The summed E-state index contributed by atoms with van der Waals surface area (Å²) in [6.07, 6.45) is 4.21. The molecule has 0 amide bonds. The molecule has 0 atom stereocenters. The molecule has 0 aliphatic rings. The first kappa shape index (κ1) is 15.1. The van der Waals surface area contributed by atoms with Crippen molar-refractivity contribution in [2.24, 2.45) is 12.8 Å². The van der Waals surface area contributed by atoms with Crippen molar-refractivity contribution in [3.8, 4) is 0 Å². The summed E-state index contributed by atoms with van der Waals surface area (Å²) < 4.78 is 27.8. The fourth-order valence-corrected chi connectivity index (χ4v) is 3.68.